The summed E-state index contributed by atoms with van der Waals surface area (Å²) in [5, 5.41) is 2.65. The molecule has 4 heterocycles. The first kappa shape index (κ1) is 21.7. The first-order valence-corrected chi connectivity index (χ1v) is 12.3. The highest BCUT2D eigenvalue weighted by Crippen LogP contribution is 2.32. The third-order valence-corrected chi connectivity index (χ3v) is 7.45. The Morgan fingerprint density at radius 1 is 1.00 bits per heavy atom. The molecule has 32 heavy (non-hydrogen) atoms. The van der Waals surface area contributed by atoms with Gasteiger partial charge in [-0.15, -0.1) is 0 Å². The number of rotatable bonds is 4. The van der Waals surface area contributed by atoms with Crippen molar-refractivity contribution < 1.29 is 4.39 Å². The van der Waals surface area contributed by atoms with E-state index in [1.807, 2.05) is 11.4 Å². The Kier molecular flexibility index (Phi) is 6.09. The van der Waals surface area contributed by atoms with E-state index >= 15 is 0 Å². The van der Waals surface area contributed by atoms with Crippen LogP contribution in [0.3, 0.4) is 0 Å². The molecule has 0 amide bonds. The highest BCUT2D eigenvalue weighted by atomic mass is 35.5. The van der Waals surface area contributed by atoms with Gasteiger partial charge in [0, 0.05) is 55.8 Å². The van der Waals surface area contributed by atoms with Gasteiger partial charge in [0.05, 0.1) is 15.7 Å². The molecule has 1 aromatic carbocycles. The molecule has 1 unspecified atom stereocenters. The lowest BCUT2D eigenvalue weighted by atomic mass is 10.1. The Morgan fingerprint density at radius 3 is 2.44 bits per heavy atom. The summed E-state index contributed by atoms with van der Waals surface area (Å²) < 4.78 is 18.2. The number of nitrogens with zero attached hydrogens (tertiary/aromatic N) is 6. The van der Waals surface area contributed by atoms with Gasteiger partial charge < -0.3 is 14.7 Å². The van der Waals surface area contributed by atoms with Crippen LogP contribution in [0.5, 0.6) is 0 Å². The van der Waals surface area contributed by atoms with Gasteiger partial charge in [0.25, 0.3) is 0 Å². The van der Waals surface area contributed by atoms with Crippen LogP contribution in [-0.2, 0) is 0 Å². The maximum atomic E-state index is 13.7. The number of piperazine rings is 1. The molecule has 1 atom stereocenters. The SMILES string of the molecule is CC1CCCN1c1nc(-c2ccc(F)c(Cl)c2)cc(N2CCN(c3nscc3Cl)CC2)n1. The van der Waals surface area contributed by atoms with Crippen LogP contribution in [0.2, 0.25) is 10.0 Å². The van der Waals surface area contributed by atoms with Crippen molar-refractivity contribution in [1.29, 1.82) is 0 Å². The van der Waals surface area contributed by atoms with E-state index < -0.39 is 5.82 Å². The molecular weight excluding hydrogens is 470 g/mol. The zero-order valence-electron chi connectivity index (χ0n) is 17.6. The maximum absolute atomic E-state index is 13.7. The molecule has 0 radical (unpaired) electrons. The summed E-state index contributed by atoms with van der Waals surface area (Å²) in [7, 11) is 0. The third-order valence-electron chi connectivity index (χ3n) is 6.14. The molecule has 0 aliphatic carbocycles. The van der Waals surface area contributed by atoms with Crippen molar-refractivity contribution in [1.82, 2.24) is 14.3 Å². The molecule has 0 N–H and O–H groups in total. The average molecular weight is 493 g/mol. The number of hydrogen-bond donors (Lipinski definition) is 0. The summed E-state index contributed by atoms with van der Waals surface area (Å²) >= 11 is 13.7. The van der Waals surface area contributed by atoms with E-state index in [9.17, 15) is 4.39 Å². The van der Waals surface area contributed by atoms with Gasteiger partial charge >= 0.3 is 0 Å². The number of benzene rings is 1. The summed E-state index contributed by atoms with van der Waals surface area (Å²) in [5.41, 5.74) is 1.53. The van der Waals surface area contributed by atoms with Crippen LogP contribution in [-0.4, -0.2) is 53.1 Å². The molecule has 0 saturated carbocycles. The lowest BCUT2D eigenvalue weighted by Gasteiger charge is -2.36. The fourth-order valence-corrected chi connectivity index (χ4v) is 5.40. The predicted octanol–water partition coefficient (Wildman–Crippen LogP) is 5.36. The van der Waals surface area contributed by atoms with E-state index in [1.54, 1.807) is 12.1 Å². The lowest BCUT2D eigenvalue weighted by molar-refractivity contribution is 0.628. The van der Waals surface area contributed by atoms with Crippen molar-refractivity contribution in [2.45, 2.75) is 25.8 Å². The van der Waals surface area contributed by atoms with Gasteiger partial charge in [0.15, 0.2) is 5.82 Å². The molecule has 2 aromatic heterocycles. The topological polar surface area (TPSA) is 48.4 Å². The standard InChI is InChI=1S/C22H23Cl2FN6S/c1-14-3-2-6-31(14)22-26-19(15-4-5-18(25)16(23)11-15)12-20(27-22)29-7-9-30(10-8-29)21-17(24)13-32-28-21/h4-5,11-14H,2-3,6-10H2,1H3. The second-order valence-electron chi connectivity index (χ2n) is 8.19. The molecule has 2 saturated heterocycles. The zero-order valence-corrected chi connectivity index (χ0v) is 20.0. The van der Waals surface area contributed by atoms with Crippen LogP contribution >= 0.6 is 34.7 Å². The lowest BCUT2D eigenvalue weighted by Crippen LogP contribution is -2.47. The summed E-state index contributed by atoms with van der Waals surface area (Å²) in [6.45, 7) is 6.34. The van der Waals surface area contributed by atoms with Crippen molar-refractivity contribution in [2.24, 2.45) is 0 Å². The van der Waals surface area contributed by atoms with Crippen LogP contribution in [0.15, 0.2) is 29.6 Å². The minimum atomic E-state index is -0.435. The Labute approximate surface area is 200 Å². The third kappa shape index (κ3) is 4.23. The van der Waals surface area contributed by atoms with Crippen molar-refractivity contribution in [3.05, 3.63) is 45.5 Å². The van der Waals surface area contributed by atoms with Crippen LogP contribution in [0, 0.1) is 5.82 Å². The monoisotopic (exact) mass is 492 g/mol. The molecule has 0 spiro atoms. The number of hydrogen-bond acceptors (Lipinski definition) is 7. The summed E-state index contributed by atoms with van der Waals surface area (Å²) in [6, 6.07) is 7.08. The van der Waals surface area contributed by atoms with Gasteiger partial charge in [-0.3, -0.25) is 0 Å². The minimum absolute atomic E-state index is 0.0903. The second-order valence-corrected chi connectivity index (χ2v) is 9.63. The Bertz CT molecular complexity index is 1120. The normalized spacial score (nSPS) is 19.1. The van der Waals surface area contributed by atoms with Crippen LogP contribution in [0.1, 0.15) is 19.8 Å². The summed E-state index contributed by atoms with van der Waals surface area (Å²) in [5.74, 6) is 2.00. The van der Waals surface area contributed by atoms with E-state index in [0.29, 0.717) is 17.0 Å². The molecule has 0 bridgehead atoms. The van der Waals surface area contributed by atoms with Crippen molar-refractivity contribution in [2.75, 3.05) is 47.4 Å². The van der Waals surface area contributed by atoms with Crippen molar-refractivity contribution in [3.63, 3.8) is 0 Å². The molecule has 2 fully saturated rings. The number of anilines is 3. The van der Waals surface area contributed by atoms with Gasteiger partial charge in [0.1, 0.15) is 11.6 Å². The quantitative estimate of drug-likeness (QED) is 0.488. The highest BCUT2D eigenvalue weighted by molar-refractivity contribution is 7.04. The van der Waals surface area contributed by atoms with Crippen LogP contribution in [0.4, 0.5) is 22.0 Å². The largest absolute Gasteiger partial charge is 0.353 e. The zero-order chi connectivity index (χ0) is 22.2. The van der Waals surface area contributed by atoms with Crippen LogP contribution < -0.4 is 14.7 Å². The fourth-order valence-electron chi connectivity index (χ4n) is 4.32. The van der Waals surface area contributed by atoms with Crippen molar-refractivity contribution >= 4 is 52.3 Å². The summed E-state index contributed by atoms with van der Waals surface area (Å²) in [6.07, 6.45) is 2.25. The highest BCUT2D eigenvalue weighted by Gasteiger charge is 2.26. The Morgan fingerprint density at radius 2 is 1.78 bits per heavy atom. The van der Waals surface area contributed by atoms with Gasteiger partial charge in [-0.2, -0.15) is 9.36 Å². The predicted molar refractivity (Wildman–Crippen MR) is 130 cm³/mol. The van der Waals surface area contributed by atoms with Gasteiger partial charge in [0.2, 0.25) is 5.95 Å². The molecule has 10 heteroatoms. The second kappa shape index (κ2) is 9.00. The molecule has 6 nitrogen and oxygen atoms in total. The van der Waals surface area contributed by atoms with Crippen LogP contribution in [0.25, 0.3) is 11.3 Å². The molecule has 2 aliphatic heterocycles. The molecule has 5 rings (SSSR count). The molecule has 3 aromatic rings. The Hall–Kier alpha value is -2.16. The van der Waals surface area contributed by atoms with E-state index in [2.05, 4.69) is 26.0 Å². The fraction of sp³-hybridized carbons (Fsp3) is 0.409. The summed E-state index contributed by atoms with van der Waals surface area (Å²) in [4.78, 5) is 16.5. The van der Waals surface area contributed by atoms with E-state index in [1.165, 1.54) is 17.6 Å². The smallest absolute Gasteiger partial charge is 0.228 e. The molecule has 168 valence electrons. The van der Waals surface area contributed by atoms with E-state index in [0.717, 1.165) is 68.5 Å². The van der Waals surface area contributed by atoms with Gasteiger partial charge in [-0.25, -0.2) is 9.37 Å². The first-order valence-electron chi connectivity index (χ1n) is 10.7. The number of halogens is 3. The van der Waals surface area contributed by atoms with E-state index in [4.69, 9.17) is 33.2 Å². The molecular formula is C22H23Cl2FN6S. The minimum Gasteiger partial charge on any atom is -0.353 e. The van der Waals surface area contributed by atoms with Crippen molar-refractivity contribution in [3.8, 4) is 11.3 Å². The first-order chi connectivity index (χ1) is 15.5. The van der Waals surface area contributed by atoms with Gasteiger partial charge in [-0.1, -0.05) is 23.2 Å². The average Bonchev–Trinajstić information content (AvgIpc) is 3.43. The van der Waals surface area contributed by atoms with Gasteiger partial charge in [-0.05, 0) is 49.5 Å². The maximum Gasteiger partial charge on any atom is 0.228 e. The molecule has 2 aliphatic rings. The number of aromatic nitrogens is 3. The Balaban J connectivity index is 1.46. The van der Waals surface area contributed by atoms with E-state index in [-0.39, 0.29) is 5.02 Å².